The van der Waals surface area contributed by atoms with Crippen molar-refractivity contribution < 1.29 is 9.59 Å². The van der Waals surface area contributed by atoms with E-state index in [-0.39, 0.29) is 23.3 Å². The molecule has 3 fully saturated rings. The van der Waals surface area contributed by atoms with Gasteiger partial charge in [0.25, 0.3) is 0 Å². The maximum atomic E-state index is 13.3. The molecule has 4 nitrogen and oxygen atoms in total. The zero-order valence-electron chi connectivity index (χ0n) is 14.1. The Morgan fingerprint density at radius 1 is 1.21 bits per heavy atom. The number of hydrogen-bond acceptors (Lipinski definition) is 2. The summed E-state index contributed by atoms with van der Waals surface area (Å²) >= 11 is 0. The molecule has 128 valence electrons. The summed E-state index contributed by atoms with van der Waals surface area (Å²) in [6.45, 7) is 0.727. The Bertz CT molecular complexity index is 630. The van der Waals surface area contributed by atoms with E-state index in [2.05, 4.69) is 22.8 Å². The highest BCUT2D eigenvalue weighted by molar-refractivity contribution is 5.91. The third-order valence-corrected chi connectivity index (χ3v) is 6.38. The molecule has 3 aliphatic rings. The fraction of sp³-hybridized carbons (Fsp3) is 0.600. The second-order valence-electron chi connectivity index (χ2n) is 7.86. The standard InChI is InChI=1S/C20H26N2O2/c23-18-17(7-4-10-21-18)22-19(24)20(12-14-5-2-1-3-6-14)13-15-8-9-16(20)11-15/h1-3,5-6,15-17H,4,7-13H2,(H,21,23)(H,22,24)/t15-,16-,17-,20+/m0/s1. The highest BCUT2D eigenvalue weighted by atomic mass is 16.2. The van der Waals surface area contributed by atoms with Gasteiger partial charge in [-0.1, -0.05) is 36.8 Å². The smallest absolute Gasteiger partial charge is 0.242 e. The molecule has 0 aromatic heterocycles. The van der Waals surface area contributed by atoms with Gasteiger partial charge in [0.15, 0.2) is 0 Å². The quantitative estimate of drug-likeness (QED) is 0.893. The Morgan fingerprint density at radius 3 is 2.71 bits per heavy atom. The first kappa shape index (κ1) is 15.7. The molecule has 4 heteroatoms. The number of rotatable bonds is 4. The molecule has 0 unspecified atom stereocenters. The van der Waals surface area contributed by atoms with Crippen molar-refractivity contribution in [1.82, 2.24) is 10.6 Å². The average Bonchev–Trinajstić information content (AvgIpc) is 3.19. The maximum Gasteiger partial charge on any atom is 0.242 e. The molecule has 1 heterocycles. The van der Waals surface area contributed by atoms with Gasteiger partial charge in [-0.05, 0) is 55.9 Å². The molecule has 2 amide bonds. The Balaban J connectivity index is 1.56. The SMILES string of the molecule is O=C1NCCC[C@@H]1NC(=O)[C@]1(Cc2ccccc2)C[C@H]2CC[C@H]1C2. The number of carbonyl (C=O) groups excluding carboxylic acids is 2. The van der Waals surface area contributed by atoms with Crippen LogP contribution in [0.15, 0.2) is 30.3 Å². The molecule has 24 heavy (non-hydrogen) atoms. The predicted octanol–water partition coefficient (Wildman–Crippen LogP) is 2.43. The van der Waals surface area contributed by atoms with E-state index in [4.69, 9.17) is 0 Å². The summed E-state index contributed by atoms with van der Waals surface area (Å²) in [6.07, 6.45) is 7.07. The first-order valence-corrected chi connectivity index (χ1v) is 9.30. The third-order valence-electron chi connectivity index (χ3n) is 6.38. The highest BCUT2D eigenvalue weighted by Gasteiger charge is 2.55. The summed E-state index contributed by atoms with van der Waals surface area (Å²) in [6, 6.07) is 10.00. The molecule has 1 aliphatic heterocycles. The van der Waals surface area contributed by atoms with Gasteiger partial charge in [-0.3, -0.25) is 9.59 Å². The van der Waals surface area contributed by atoms with Gasteiger partial charge in [0.2, 0.25) is 11.8 Å². The zero-order chi connectivity index (χ0) is 16.6. The van der Waals surface area contributed by atoms with E-state index >= 15 is 0 Å². The van der Waals surface area contributed by atoms with E-state index in [1.54, 1.807) is 0 Å². The molecule has 0 spiro atoms. The topological polar surface area (TPSA) is 58.2 Å². The lowest BCUT2D eigenvalue weighted by Crippen LogP contribution is -2.55. The van der Waals surface area contributed by atoms with Gasteiger partial charge >= 0.3 is 0 Å². The van der Waals surface area contributed by atoms with E-state index in [1.165, 1.54) is 18.4 Å². The second kappa shape index (κ2) is 6.23. The number of piperidine rings is 1. The largest absolute Gasteiger partial charge is 0.354 e. The van der Waals surface area contributed by atoms with Crippen LogP contribution < -0.4 is 10.6 Å². The van der Waals surface area contributed by atoms with Gasteiger partial charge in [0.05, 0.1) is 5.41 Å². The fourth-order valence-corrected chi connectivity index (χ4v) is 5.19. The number of fused-ring (bicyclic) bond motifs is 2. The van der Waals surface area contributed by atoms with Gasteiger partial charge in [0, 0.05) is 6.54 Å². The number of nitrogens with one attached hydrogen (secondary N) is 2. The van der Waals surface area contributed by atoms with Crippen LogP contribution in [0.1, 0.15) is 44.1 Å². The van der Waals surface area contributed by atoms with Gasteiger partial charge in [-0.15, -0.1) is 0 Å². The summed E-state index contributed by atoms with van der Waals surface area (Å²) in [7, 11) is 0. The van der Waals surface area contributed by atoms with Crippen LogP contribution in [0.2, 0.25) is 0 Å². The average molecular weight is 326 g/mol. The molecule has 4 rings (SSSR count). The van der Waals surface area contributed by atoms with Gasteiger partial charge in [0.1, 0.15) is 6.04 Å². The molecule has 2 N–H and O–H groups in total. The Morgan fingerprint density at radius 2 is 2.04 bits per heavy atom. The Hall–Kier alpha value is -1.84. The van der Waals surface area contributed by atoms with Crippen molar-refractivity contribution in [2.75, 3.05) is 6.54 Å². The lowest BCUT2D eigenvalue weighted by molar-refractivity contribution is -0.138. The highest BCUT2D eigenvalue weighted by Crippen LogP contribution is 2.57. The summed E-state index contributed by atoms with van der Waals surface area (Å²) in [5, 5.41) is 5.98. The first-order chi connectivity index (χ1) is 11.7. The lowest BCUT2D eigenvalue weighted by Gasteiger charge is -2.38. The minimum atomic E-state index is -0.349. The molecule has 1 aromatic rings. The Labute approximate surface area is 143 Å². The summed E-state index contributed by atoms with van der Waals surface area (Å²) < 4.78 is 0. The van der Waals surface area contributed by atoms with Crippen LogP contribution in [0.4, 0.5) is 0 Å². The number of hydrogen-bond donors (Lipinski definition) is 2. The number of carbonyl (C=O) groups is 2. The van der Waals surface area contributed by atoms with E-state index in [0.29, 0.717) is 11.8 Å². The first-order valence-electron chi connectivity index (χ1n) is 9.30. The minimum Gasteiger partial charge on any atom is -0.354 e. The Kier molecular flexibility index (Phi) is 4.07. The van der Waals surface area contributed by atoms with Gasteiger partial charge < -0.3 is 10.6 Å². The van der Waals surface area contributed by atoms with E-state index in [1.807, 2.05) is 18.2 Å². The van der Waals surface area contributed by atoms with Crippen molar-refractivity contribution in [2.24, 2.45) is 17.3 Å². The number of amides is 2. The number of benzene rings is 1. The summed E-state index contributed by atoms with van der Waals surface area (Å²) in [4.78, 5) is 25.3. The summed E-state index contributed by atoms with van der Waals surface area (Å²) in [5.74, 6) is 1.24. The van der Waals surface area contributed by atoms with Crippen LogP contribution in [0, 0.1) is 17.3 Å². The molecule has 1 saturated heterocycles. The van der Waals surface area contributed by atoms with Crippen LogP contribution >= 0.6 is 0 Å². The van der Waals surface area contributed by atoms with E-state index in [9.17, 15) is 9.59 Å². The van der Waals surface area contributed by atoms with Crippen LogP contribution in [0.25, 0.3) is 0 Å². The van der Waals surface area contributed by atoms with Crippen LogP contribution in [0.3, 0.4) is 0 Å². The molecule has 1 aromatic carbocycles. The fourth-order valence-electron chi connectivity index (χ4n) is 5.19. The monoisotopic (exact) mass is 326 g/mol. The molecule has 2 bridgehead atoms. The molecular formula is C20H26N2O2. The molecule has 4 atom stereocenters. The molecule has 2 aliphatic carbocycles. The maximum absolute atomic E-state index is 13.3. The van der Waals surface area contributed by atoms with Gasteiger partial charge in [-0.2, -0.15) is 0 Å². The summed E-state index contributed by atoms with van der Waals surface area (Å²) in [5.41, 5.74) is 0.912. The predicted molar refractivity (Wildman–Crippen MR) is 92.2 cm³/mol. The van der Waals surface area contributed by atoms with Crippen LogP contribution in [0.5, 0.6) is 0 Å². The van der Waals surface area contributed by atoms with E-state index in [0.717, 1.165) is 38.6 Å². The normalized spacial score (nSPS) is 34.8. The van der Waals surface area contributed by atoms with Crippen molar-refractivity contribution >= 4 is 11.8 Å². The second-order valence-corrected chi connectivity index (χ2v) is 7.86. The molecule has 2 saturated carbocycles. The van der Waals surface area contributed by atoms with E-state index < -0.39 is 0 Å². The van der Waals surface area contributed by atoms with Crippen molar-refractivity contribution in [1.29, 1.82) is 0 Å². The van der Waals surface area contributed by atoms with Gasteiger partial charge in [-0.25, -0.2) is 0 Å². The van der Waals surface area contributed by atoms with Crippen molar-refractivity contribution in [2.45, 2.75) is 51.0 Å². The molecular weight excluding hydrogens is 300 g/mol. The zero-order valence-corrected chi connectivity index (χ0v) is 14.1. The minimum absolute atomic E-state index is 0.0207. The lowest BCUT2D eigenvalue weighted by atomic mass is 9.68. The van der Waals surface area contributed by atoms with Crippen molar-refractivity contribution in [3.8, 4) is 0 Å². The molecule has 0 radical (unpaired) electrons. The van der Waals surface area contributed by atoms with Crippen molar-refractivity contribution in [3.63, 3.8) is 0 Å². The van der Waals surface area contributed by atoms with Crippen LogP contribution in [-0.2, 0) is 16.0 Å². The third kappa shape index (κ3) is 2.72. The van der Waals surface area contributed by atoms with Crippen molar-refractivity contribution in [3.05, 3.63) is 35.9 Å². The van der Waals surface area contributed by atoms with Crippen LogP contribution in [-0.4, -0.2) is 24.4 Å².